The summed E-state index contributed by atoms with van der Waals surface area (Å²) in [4.78, 5) is 0. The molecule has 19 heavy (non-hydrogen) atoms. The summed E-state index contributed by atoms with van der Waals surface area (Å²) in [6, 6.07) is 6.88. The molecule has 0 saturated heterocycles. The van der Waals surface area contributed by atoms with Crippen molar-refractivity contribution in [1.82, 2.24) is 5.32 Å². The molecule has 0 saturated carbocycles. The zero-order chi connectivity index (χ0) is 13.5. The molecule has 0 fully saturated rings. The van der Waals surface area contributed by atoms with Gasteiger partial charge in [-0.05, 0) is 43.5 Å². The molecule has 1 aromatic carbocycles. The van der Waals surface area contributed by atoms with Crippen LogP contribution in [0.1, 0.15) is 38.7 Å². The normalized spacial score (nSPS) is 15.3. The van der Waals surface area contributed by atoms with Crippen LogP contribution in [0.2, 0.25) is 0 Å². The fraction of sp³-hybridized carbons (Fsp3) is 0.625. The Hall–Kier alpha value is -1.22. The van der Waals surface area contributed by atoms with Crippen molar-refractivity contribution in [3.63, 3.8) is 0 Å². The number of hydrogen-bond acceptors (Lipinski definition) is 3. The van der Waals surface area contributed by atoms with E-state index in [1.807, 2.05) is 6.07 Å². The van der Waals surface area contributed by atoms with Gasteiger partial charge in [0.15, 0.2) is 11.5 Å². The SMILES string of the molecule is CCCNC(CCC)Cc1ccc2c(c1)OCCO2. The van der Waals surface area contributed by atoms with E-state index in [0.29, 0.717) is 19.3 Å². The molecule has 1 aliphatic rings. The summed E-state index contributed by atoms with van der Waals surface area (Å²) in [7, 11) is 0. The second-order valence-electron chi connectivity index (χ2n) is 5.12. The van der Waals surface area contributed by atoms with Crippen LogP contribution in [0.25, 0.3) is 0 Å². The number of hydrogen-bond donors (Lipinski definition) is 1. The van der Waals surface area contributed by atoms with E-state index in [-0.39, 0.29) is 0 Å². The molecule has 0 spiro atoms. The molecule has 1 atom stereocenters. The molecule has 1 unspecified atom stereocenters. The van der Waals surface area contributed by atoms with Gasteiger partial charge in [0.05, 0.1) is 0 Å². The molecular formula is C16H25NO2. The van der Waals surface area contributed by atoms with Gasteiger partial charge < -0.3 is 14.8 Å². The lowest BCUT2D eigenvalue weighted by molar-refractivity contribution is 0.171. The van der Waals surface area contributed by atoms with Crippen LogP contribution in [0.3, 0.4) is 0 Å². The maximum absolute atomic E-state index is 5.64. The summed E-state index contributed by atoms with van der Waals surface area (Å²) < 4.78 is 11.2. The third-order valence-corrected chi connectivity index (χ3v) is 3.41. The van der Waals surface area contributed by atoms with Crippen molar-refractivity contribution in [2.75, 3.05) is 19.8 Å². The molecule has 2 rings (SSSR count). The van der Waals surface area contributed by atoms with Crippen molar-refractivity contribution in [3.8, 4) is 11.5 Å². The summed E-state index contributed by atoms with van der Waals surface area (Å²) in [6.07, 6.45) is 4.67. The maximum atomic E-state index is 5.64. The topological polar surface area (TPSA) is 30.5 Å². The standard InChI is InChI=1S/C16H25NO2/c1-3-5-14(17-8-4-2)11-13-6-7-15-16(12-13)19-10-9-18-15/h6-7,12,14,17H,3-5,8-11H2,1-2H3. The zero-order valence-corrected chi connectivity index (χ0v) is 12.1. The van der Waals surface area contributed by atoms with Gasteiger partial charge in [0.25, 0.3) is 0 Å². The molecule has 0 aliphatic carbocycles. The fourth-order valence-corrected chi connectivity index (χ4v) is 2.47. The van der Waals surface area contributed by atoms with E-state index in [1.54, 1.807) is 0 Å². The zero-order valence-electron chi connectivity index (χ0n) is 12.1. The Balaban J connectivity index is 1.99. The third-order valence-electron chi connectivity index (χ3n) is 3.41. The summed E-state index contributed by atoms with van der Waals surface area (Å²) in [5, 5.41) is 3.63. The van der Waals surface area contributed by atoms with Crippen LogP contribution >= 0.6 is 0 Å². The maximum Gasteiger partial charge on any atom is 0.161 e. The predicted octanol–water partition coefficient (Wildman–Crippen LogP) is 3.17. The van der Waals surface area contributed by atoms with E-state index in [4.69, 9.17) is 9.47 Å². The molecule has 1 aromatic rings. The van der Waals surface area contributed by atoms with E-state index in [2.05, 4.69) is 31.3 Å². The van der Waals surface area contributed by atoms with E-state index in [1.165, 1.54) is 24.8 Å². The Bertz CT molecular complexity index is 392. The number of rotatable bonds is 7. The number of benzene rings is 1. The van der Waals surface area contributed by atoms with Crippen molar-refractivity contribution in [2.45, 2.75) is 45.6 Å². The van der Waals surface area contributed by atoms with Crippen molar-refractivity contribution in [3.05, 3.63) is 23.8 Å². The highest BCUT2D eigenvalue weighted by Crippen LogP contribution is 2.31. The van der Waals surface area contributed by atoms with E-state index in [9.17, 15) is 0 Å². The first kappa shape index (κ1) is 14.2. The van der Waals surface area contributed by atoms with Crippen LogP contribution in [0.15, 0.2) is 18.2 Å². The van der Waals surface area contributed by atoms with E-state index < -0.39 is 0 Å². The molecule has 106 valence electrons. The molecule has 0 bridgehead atoms. The molecular weight excluding hydrogens is 238 g/mol. The minimum Gasteiger partial charge on any atom is -0.486 e. The summed E-state index contributed by atoms with van der Waals surface area (Å²) in [5.41, 5.74) is 1.33. The van der Waals surface area contributed by atoms with Gasteiger partial charge in [-0.1, -0.05) is 26.3 Å². The molecule has 0 radical (unpaired) electrons. The van der Waals surface area contributed by atoms with E-state index >= 15 is 0 Å². The van der Waals surface area contributed by atoms with Gasteiger partial charge in [0.1, 0.15) is 13.2 Å². The summed E-state index contributed by atoms with van der Waals surface area (Å²) in [6.45, 7) is 6.85. The van der Waals surface area contributed by atoms with Crippen molar-refractivity contribution < 1.29 is 9.47 Å². The van der Waals surface area contributed by atoms with Gasteiger partial charge in [-0.2, -0.15) is 0 Å². The highest BCUT2D eigenvalue weighted by Gasteiger charge is 2.14. The van der Waals surface area contributed by atoms with Crippen molar-refractivity contribution >= 4 is 0 Å². The minimum absolute atomic E-state index is 0.563. The van der Waals surface area contributed by atoms with E-state index in [0.717, 1.165) is 24.5 Å². The first-order valence-electron chi connectivity index (χ1n) is 7.45. The molecule has 1 heterocycles. The highest BCUT2D eigenvalue weighted by molar-refractivity contribution is 5.44. The van der Waals surface area contributed by atoms with Crippen molar-refractivity contribution in [1.29, 1.82) is 0 Å². The fourth-order valence-electron chi connectivity index (χ4n) is 2.47. The Labute approximate surface area is 116 Å². The molecule has 3 nitrogen and oxygen atoms in total. The van der Waals surface area contributed by atoms with Crippen LogP contribution in [-0.2, 0) is 6.42 Å². The number of nitrogens with one attached hydrogen (secondary N) is 1. The van der Waals surface area contributed by atoms with Gasteiger partial charge in [0, 0.05) is 6.04 Å². The predicted molar refractivity (Wildman–Crippen MR) is 78.1 cm³/mol. The first-order chi connectivity index (χ1) is 9.33. The molecule has 1 aliphatic heterocycles. The average molecular weight is 263 g/mol. The Morgan fingerprint density at radius 1 is 1.11 bits per heavy atom. The van der Waals surface area contributed by atoms with Crippen LogP contribution in [-0.4, -0.2) is 25.8 Å². The Morgan fingerprint density at radius 2 is 1.89 bits per heavy atom. The lowest BCUT2D eigenvalue weighted by atomic mass is 10.0. The monoisotopic (exact) mass is 263 g/mol. The smallest absolute Gasteiger partial charge is 0.161 e. The molecule has 0 amide bonds. The lowest BCUT2D eigenvalue weighted by Crippen LogP contribution is -2.31. The quantitative estimate of drug-likeness (QED) is 0.819. The van der Waals surface area contributed by atoms with Crippen LogP contribution in [0.4, 0.5) is 0 Å². The van der Waals surface area contributed by atoms with Gasteiger partial charge in [0.2, 0.25) is 0 Å². The van der Waals surface area contributed by atoms with Gasteiger partial charge in [-0.3, -0.25) is 0 Å². The van der Waals surface area contributed by atoms with Crippen LogP contribution in [0.5, 0.6) is 11.5 Å². The minimum atomic E-state index is 0.563. The lowest BCUT2D eigenvalue weighted by Gasteiger charge is -2.21. The number of ether oxygens (including phenoxy) is 2. The molecule has 3 heteroatoms. The summed E-state index contributed by atoms with van der Waals surface area (Å²) >= 11 is 0. The van der Waals surface area contributed by atoms with Crippen LogP contribution in [0, 0.1) is 0 Å². The molecule has 1 N–H and O–H groups in total. The van der Waals surface area contributed by atoms with Crippen molar-refractivity contribution in [2.24, 2.45) is 0 Å². The second kappa shape index (κ2) is 7.39. The van der Waals surface area contributed by atoms with Gasteiger partial charge in [-0.15, -0.1) is 0 Å². The third kappa shape index (κ3) is 4.13. The second-order valence-corrected chi connectivity index (χ2v) is 5.12. The van der Waals surface area contributed by atoms with Gasteiger partial charge in [-0.25, -0.2) is 0 Å². The highest BCUT2D eigenvalue weighted by atomic mass is 16.6. The van der Waals surface area contributed by atoms with Gasteiger partial charge >= 0.3 is 0 Å². The van der Waals surface area contributed by atoms with Crippen LogP contribution < -0.4 is 14.8 Å². The largest absolute Gasteiger partial charge is 0.486 e. The Kier molecular flexibility index (Phi) is 5.52. The Morgan fingerprint density at radius 3 is 2.63 bits per heavy atom. The molecule has 0 aromatic heterocycles. The number of fused-ring (bicyclic) bond motifs is 1. The first-order valence-corrected chi connectivity index (χ1v) is 7.45. The average Bonchev–Trinajstić information content (AvgIpc) is 2.45. The summed E-state index contributed by atoms with van der Waals surface area (Å²) in [5.74, 6) is 1.78.